The molecule has 78 valence electrons. The minimum absolute atomic E-state index is 0.113. The minimum atomic E-state index is -0.468. The van der Waals surface area contributed by atoms with Gasteiger partial charge in [-0.3, -0.25) is 4.79 Å². The van der Waals surface area contributed by atoms with Crippen LogP contribution in [0.2, 0.25) is 0 Å². The van der Waals surface area contributed by atoms with Gasteiger partial charge in [0.05, 0.1) is 17.6 Å². The standard InChI is InChI=1S/C10H11N3O2/c1-6-3-2-4-7-8(6)12-10(15)13(5-11)9(7)14/h2-4H,5,11H2,1H3,(H,12,15). The number of nitrogens with zero attached hydrogens (tertiary/aromatic N) is 1. The van der Waals surface area contributed by atoms with Gasteiger partial charge in [0.25, 0.3) is 5.56 Å². The van der Waals surface area contributed by atoms with E-state index in [2.05, 4.69) is 4.98 Å². The van der Waals surface area contributed by atoms with Gasteiger partial charge in [0, 0.05) is 0 Å². The highest BCUT2D eigenvalue weighted by Crippen LogP contribution is 2.09. The quantitative estimate of drug-likeness (QED) is 0.683. The first-order valence-corrected chi connectivity index (χ1v) is 4.57. The van der Waals surface area contributed by atoms with E-state index >= 15 is 0 Å². The summed E-state index contributed by atoms with van der Waals surface area (Å²) < 4.78 is 0.974. The number of fused-ring (bicyclic) bond motifs is 1. The zero-order valence-electron chi connectivity index (χ0n) is 8.28. The highest BCUT2D eigenvalue weighted by atomic mass is 16.2. The number of nitrogens with one attached hydrogen (secondary N) is 1. The van der Waals surface area contributed by atoms with Crippen molar-refractivity contribution >= 4 is 10.9 Å². The Morgan fingerprint density at radius 3 is 2.80 bits per heavy atom. The van der Waals surface area contributed by atoms with E-state index in [0.29, 0.717) is 10.9 Å². The summed E-state index contributed by atoms with van der Waals surface area (Å²) in [4.78, 5) is 25.9. The first-order chi connectivity index (χ1) is 7.15. The molecule has 0 amide bonds. The molecule has 0 fully saturated rings. The Hall–Kier alpha value is -1.88. The van der Waals surface area contributed by atoms with Gasteiger partial charge in [-0.15, -0.1) is 0 Å². The molecule has 5 nitrogen and oxygen atoms in total. The summed E-state index contributed by atoms with van der Waals surface area (Å²) in [5, 5.41) is 0.486. The van der Waals surface area contributed by atoms with Gasteiger partial charge in [-0.05, 0) is 18.6 Å². The first-order valence-electron chi connectivity index (χ1n) is 4.57. The van der Waals surface area contributed by atoms with E-state index in [9.17, 15) is 9.59 Å². The van der Waals surface area contributed by atoms with Crippen molar-refractivity contribution in [3.05, 3.63) is 44.6 Å². The number of aromatic nitrogens is 2. The van der Waals surface area contributed by atoms with Crippen LogP contribution < -0.4 is 17.0 Å². The molecule has 0 bridgehead atoms. The number of hydrogen-bond donors (Lipinski definition) is 2. The van der Waals surface area contributed by atoms with Crippen LogP contribution >= 0.6 is 0 Å². The molecule has 2 rings (SSSR count). The summed E-state index contributed by atoms with van der Waals surface area (Å²) in [6, 6.07) is 5.29. The van der Waals surface area contributed by atoms with Crippen LogP contribution in [0.3, 0.4) is 0 Å². The van der Waals surface area contributed by atoms with Crippen LogP contribution in [-0.2, 0) is 6.67 Å². The van der Waals surface area contributed by atoms with Gasteiger partial charge in [0.1, 0.15) is 0 Å². The molecule has 0 unspecified atom stereocenters. The summed E-state index contributed by atoms with van der Waals surface area (Å²) in [5.74, 6) is 0. The van der Waals surface area contributed by atoms with Crippen LogP contribution in [0.4, 0.5) is 0 Å². The molecule has 1 heterocycles. The number of nitrogens with two attached hydrogens (primary N) is 1. The van der Waals surface area contributed by atoms with Crippen molar-refractivity contribution in [3.8, 4) is 0 Å². The average Bonchev–Trinajstić information content (AvgIpc) is 2.20. The van der Waals surface area contributed by atoms with Gasteiger partial charge in [-0.25, -0.2) is 9.36 Å². The second-order valence-electron chi connectivity index (χ2n) is 3.34. The largest absolute Gasteiger partial charge is 0.329 e. The third-order valence-electron chi connectivity index (χ3n) is 2.41. The topological polar surface area (TPSA) is 80.9 Å². The van der Waals surface area contributed by atoms with Crippen LogP contribution in [0.5, 0.6) is 0 Å². The Bertz CT molecular complexity index is 625. The van der Waals surface area contributed by atoms with Crippen LogP contribution in [0.25, 0.3) is 10.9 Å². The molecule has 1 aromatic carbocycles. The van der Waals surface area contributed by atoms with E-state index in [1.807, 2.05) is 13.0 Å². The molecular weight excluding hydrogens is 194 g/mol. The second kappa shape index (κ2) is 3.36. The van der Waals surface area contributed by atoms with Gasteiger partial charge >= 0.3 is 5.69 Å². The van der Waals surface area contributed by atoms with Gasteiger partial charge in [0.15, 0.2) is 0 Å². The number of H-pyrrole nitrogens is 1. The van der Waals surface area contributed by atoms with E-state index in [0.717, 1.165) is 10.1 Å². The molecule has 2 aromatic rings. The predicted octanol–water partition coefficient (Wildman–Crippen LogP) is -0.0856. The Labute approximate surface area is 85.2 Å². The molecule has 3 N–H and O–H groups in total. The van der Waals surface area contributed by atoms with Crippen LogP contribution in [0.1, 0.15) is 5.56 Å². The summed E-state index contributed by atoms with van der Waals surface area (Å²) in [5.41, 5.74) is 5.96. The molecule has 0 aliphatic heterocycles. The molecule has 0 saturated carbocycles. The maximum absolute atomic E-state index is 11.8. The van der Waals surface area contributed by atoms with Gasteiger partial charge in [-0.1, -0.05) is 12.1 Å². The normalized spacial score (nSPS) is 10.8. The van der Waals surface area contributed by atoms with Crippen LogP contribution in [0, 0.1) is 6.92 Å². The third kappa shape index (κ3) is 1.37. The Morgan fingerprint density at radius 1 is 1.40 bits per heavy atom. The van der Waals surface area contributed by atoms with Gasteiger partial charge in [-0.2, -0.15) is 0 Å². The van der Waals surface area contributed by atoms with Crippen LogP contribution in [0.15, 0.2) is 27.8 Å². The number of rotatable bonds is 1. The fourth-order valence-electron chi connectivity index (χ4n) is 1.59. The lowest BCUT2D eigenvalue weighted by Crippen LogP contribution is -2.37. The molecule has 1 aromatic heterocycles. The van der Waals surface area contributed by atoms with Crippen molar-refractivity contribution in [2.45, 2.75) is 13.6 Å². The van der Waals surface area contributed by atoms with Crippen molar-refractivity contribution < 1.29 is 0 Å². The second-order valence-corrected chi connectivity index (χ2v) is 3.34. The summed E-state index contributed by atoms with van der Waals surface area (Å²) in [6.07, 6.45) is 0. The summed E-state index contributed by atoms with van der Waals surface area (Å²) >= 11 is 0. The number of hydrogen-bond acceptors (Lipinski definition) is 3. The summed E-state index contributed by atoms with van der Waals surface area (Å²) in [6.45, 7) is 1.72. The van der Waals surface area contributed by atoms with Gasteiger partial charge in [0.2, 0.25) is 0 Å². The van der Waals surface area contributed by atoms with Crippen molar-refractivity contribution in [3.63, 3.8) is 0 Å². The zero-order chi connectivity index (χ0) is 11.0. The van der Waals surface area contributed by atoms with E-state index in [1.165, 1.54) is 0 Å². The Kier molecular flexibility index (Phi) is 2.17. The average molecular weight is 205 g/mol. The molecule has 0 spiro atoms. The lowest BCUT2D eigenvalue weighted by atomic mass is 10.1. The highest BCUT2D eigenvalue weighted by Gasteiger charge is 2.06. The fraction of sp³-hybridized carbons (Fsp3) is 0.200. The van der Waals surface area contributed by atoms with E-state index in [4.69, 9.17) is 5.73 Å². The predicted molar refractivity (Wildman–Crippen MR) is 57.8 cm³/mol. The monoisotopic (exact) mass is 205 g/mol. The van der Waals surface area contributed by atoms with Crippen molar-refractivity contribution in [2.24, 2.45) is 5.73 Å². The van der Waals surface area contributed by atoms with E-state index in [1.54, 1.807) is 12.1 Å². The van der Waals surface area contributed by atoms with Crippen molar-refractivity contribution in [2.75, 3.05) is 0 Å². The van der Waals surface area contributed by atoms with Crippen molar-refractivity contribution in [1.82, 2.24) is 9.55 Å². The molecule has 15 heavy (non-hydrogen) atoms. The minimum Gasteiger partial charge on any atom is -0.313 e. The Morgan fingerprint density at radius 2 is 2.13 bits per heavy atom. The van der Waals surface area contributed by atoms with E-state index < -0.39 is 5.69 Å². The highest BCUT2D eigenvalue weighted by molar-refractivity contribution is 5.80. The maximum atomic E-state index is 11.8. The maximum Gasteiger partial charge on any atom is 0.329 e. The molecule has 5 heteroatoms. The molecule has 0 atom stereocenters. The zero-order valence-corrected chi connectivity index (χ0v) is 8.28. The van der Waals surface area contributed by atoms with Crippen LogP contribution in [-0.4, -0.2) is 9.55 Å². The number of aromatic amines is 1. The van der Waals surface area contributed by atoms with E-state index in [-0.39, 0.29) is 12.2 Å². The molecule has 0 aliphatic rings. The SMILES string of the molecule is Cc1cccc2c(=O)n(CN)c(=O)[nH]c12. The third-order valence-corrected chi connectivity index (χ3v) is 2.41. The number of benzene rings is 1. The fourth-order valence-corrected chi connectivity index (χ4v) is 1.59. The number of aryl methyl sites for hydroxylation is 1. The molecule has 0 radical (unpaired) electrons. The summed E-state index contributed by atoms with van der Waals surface area (Å²) in [7, 11) is 0. The molecule has 0 saturated heterocycles. The Balaban J connectivity index is 3.05. The number of para-hydroxylation sites is 1. The molecular formula is C10H11N3O2. The van der Waals surface area contributed by atoms with Gasteiger partial charge < -0.3 is 10.7 Å². The molecule has 0 aliphatic carbocycles. The lowest BCUT2D eigenvalue weighted by molar-refractivity contribution is 0.661. The lowest BCUT2D eigenvalue weighted by Gasteiger charge is -2.04. The smallest absolute Gasteiger partial charge is 0.313 e. The van der Waals surface area contributed by atoms with Crippen molar-refractivity contribution in [1.29, 1.82) is 0 Å². The first kappa shape index (κ1) is 9.67.